The average Bonchev–Trinajstić information content (AvgIpc) is 2.97. The number of allylic oxidation sites excluding steroid dienone is 5. The lowest BCUT2D eigenvalue weighted by molar-refractivity contribution is -0.122. The molecular formula is C28H41N3O. The number of fused-ring (bicyclic) bond motifs is 1. The summed E-state index contributed by atoms with van der Waals surface area (Å²) in [5.41, 5.74) is 6.47. The van der Waals surface area contributed by atoms with Crippen LogP contribution in [0.2, 0.25) is 0 Å². The maximum Gasteiger partial charge on any atom is 0.242 e. The van der Waals surface area contributed by atoms with Crippen molar-refractivity contribution in [2.75, 3.05) is 5.32 Å². The number of nitrogens with zero attached hydrogens (tertiary/aromatic N) is 1. The Labute approximate surface area is 195 Å². The molecule has 5 rings (SSSR count). The van der Waals surface area contributed by atoms with Gasteiger partial charge in [-0.2, -0.15) is 0 Å². The number of aryl methyl sites for hydroxylation is 1. The van der Waals surface area contributed by atoms with Gasteiger partial charge in [0, 0.05) is 26.5 Å². The Morgan fingerprint density at radius 2 is 1.91 bits per heavy atom. The maximum atomic E-state index is 12.4. The Morgan fingerprint density at radius 1 is 1.12 bits per heavy atom. The third-order valence-corrected chi connectivity index (χ3v) is 7.12. The lowest BCUT2D eigenvalue weighted by atomic mass is 9.97. The summed E-state index contributed by atoms with van der Waals surface area (Å²) in [5.74, 6) is 0.791. The van der Waals surface area contributed by atoms with Crippen molar-refractivity contribution in [1.29, 1.82) is 0 Å². The van der Waals surface area contributed by atoms with Gasteiger partial charge >= 0.3 is 0 Å². The van der Waals surface area contributed by atoms with E-state index >= 15 is 0 Å². The van der Waals surface area contributed by atoms with E-state index in [1.165, 1.54) is 42.4 Å². The first-order valence-corrected chi connectivity index (χ1v) is 12.4. The molecule has 0 aromatic heterocycles. The molecule has 1 aromatic carbocycles. The van der Waals surface area contributed by atoms with E-state index in [4.69, 9.17) is 0 Å². The molecule has 2 aliphatic carbocycles. The molecule has 4 aliphatic rings. The quantitative estimate of drug-likeness (QED) is 0.513. The fourth-order valence-electron chi connectivity index (χ4n) is 5.13. The number of aliphatic imine (C=N–C) groups is 1. The van der Waals surface area contributed by atoms with Crippen LogP contribution in [0.25, 0.3) is 0 Å². The Bertz CT molecular complexity index is 943. The summed E-state index contributed by atoms with van der Waals surface area (Å²) < 4.78 is 0. The van der Waals surface area contributed by atoms with Gasteiger partial charge in [-0.05, 0) is 62.1 Å². The van der Waals surface area contributed by atoms with Crippen molar-refractivity contribution in [3.8, 4) is 0 Å². The number of benzene rings is 1. The lowest BCUT2D eigenvalue weighted by Gasteiger charge is -2.28. The van der Waals surface area contributed by atoms with Gasteiger partial charge in [-0.15, -0.1) is 0 Å². The summed E-state index contributed by atoms with van der Waals surface area (Å²) >= 11 is 0. The number of carbonyl (C=O) groups is 1. The van der Waals surface area contributed by atoms with Crippen molar-refractivity contribution in [2.45, 2.75) is 83.7 Å². The van der Waals surface area contributed by atoms with Crippen LogP contribution in [0.1, 0.15) is 73.6 Å². The highest BCUT2D eigenvalue weighted by Gasteiger charge is 2.25. The van der Waals surface area contributed by atoms with Crippen LogP contribution in [-0.4, -0.2) is 23.7 Å². The maximum absolute atomic E-state index is 12.4. The number of anilines is 1. The third kappa shape index (κ3) is 5.59. The molecule has 0 saturated heterocycles. The van der Waals surface area contributed by atoms with Crippen LogP contribution >= 0.6 is 0 Å². The first-order valence-electron chi connectivity index (χ1n) is 12.4. The second kappa shape index (κ2) is 10.8. The summed E-state index contributed by atoms with van der Waals surface area (Å²) in [5, 5.41) is 6.65. The zero-order valence-electron chi connectivity index (χ0n) is 19.6. The summed E-state index contributed by atoms with van der Waals surface area (Å²) in [7, 11) is 0. The highest BCUT2D eigenvalue weighted by atomic mass is 16.2. The molecule has 0 bridgehead atoms. The average molecular weight is 436 g/mol. The minimum Gasteiger partial charge on any atom is -0.373 e. The Hall–Kier alpha value is -2.62. The number of hydrogen-bond acceptors (Lipinski definition) is 3. The molecule has 2 N–H and O–H groups in total. The minimum absolute atomic E-state index is 0. The van der Waals surface area contributed by atoms with Gasteiger partial charge < -0.3 is 10.6 Å². The first kappa shape index (κ1) is 22.6. The molecule has 1 saturated carbocycles. The lowest BCUT2D eigenvalue weighted by Crippen LogP contribution is -2.45. The molecule has 2 atom stereocenters. The largest absolute Gasteiger partial charge is 0.373 e. The van der Waals surface area contributed by atoms with Crippen molar-refractivity contribution in [3.63, 3.8) is 0 Å². The number of para-hydroxylation sites is 1. The molecule has 2 heterocycles. The topological polar surface area (TPSA) is 53.5 Å². The van der Waals surface area contributed by atoms with E-state index in [9.17, 15) is 4.79 Å². The van der Waals surface area contributed by atoms with Crippen LogP contribution in [0.15, 0.2) is 64.8 Å². The minimum atomic E-state index is -0.0619. The molecule has 1 unspecified atom stereocenters. The van der Waals surface area contributed by atoms with E-state index in [-0.39, 0.29) is 14.8 Å². The van der Waals surface area contributed by atoms with E-state index in [1.54, 1.807) is 0 Å². The van der Waals surface area contributed by atoms with Crippen LogP contribution in [0.3, 0.4) is 0 Å². The van der Waals surface area contributed by atoms with Gasteiger partial charge in [0.2, 0.25) is 5.91 Å². The van der Waals surface area contributed by atoms with Crippen LogP contribution in [0.5, 0.6) is 0 Å². The number of rotatable bonds is 2. The predicted molar refractivity (Wildman–Crippen MR) is 138 cm³/mol. The Balaban J connectivity index is 0.000000252. The van der Waals surface area contributed by atoms with Gasteiger partial charge in [0.05, 0.1) is 0 Å². The van der Waals surface area contributed by atoms with Crippen LogP contribution < -0.4 is 10.6 Å². The van der Waals surface area contributed by atoms with Gasteiger partial charge in [0.15, 0.2) is 0 Å². The predicted octanol–water partition coefficient (Wildman–Crippen LogP) is 6.61. The SMILES string of the molecule is CC1=NC=CCC2=C1C=CC2C.O=C(NC1CCCCCC1)[C@@H]1CCc2ccccc2N1.[HH].[HH]. The Kier molecular flexibility index (Phi) is 7.62. The molecule has 1 aromatic rings. The van der Waals surface area contributed by atoms with Crippen molar-refractivity contribution < 1.29 is 7.65 Å². The molecule has 2 aliphatic heterocycles. The number of carbonyl (C=O) groups excluding carboxylic acids is 1. The highest BCUT2D eigenvalue weighted by Crippen LogP contribution is 2.30. The molecule has 1 fully saturated rings. The van der Waals surface area contributed by atoms with Gasteiger partial charge in [0.25, 0.3) is 0 Å². The molecule has 174 valence electrons. The van der Waals surface area contributed by atoms with Crippen LogP contribution in [0.4, 0.5) is 5.69 Å². The molecule has 0 spiro atoms. The van der Waals surface area contributed by atoms with E-state index in [1.807, 2.05) is 12.3 Å². The van der Waals surface area contributed by atoms with Crippen molar-refractivity contribution in [3.05, 3.63) is 65.4 Å². The molecular weight excluding hydrogens is 394 g/mol. The van der Waals surface area contributed by atoms with E-state index in [0.29, 0.717) is 12.0 Å². The summed E-state index contributed by atoms with van der Waals surface area (Å²) in [6.45, 7) is 4.32. The standard InChI is InChI=1S/C17H24N2O.C11H13N.2H2/c20-17(18-14-8-3-1-2-4-9-14)16-12-11-13-7-5-6-10-15(13)19-16;1-8-5-6-11-9(2)12-7-3-4-10(8)11;;/h5-7,10,14,16,19H,1-4,8-9,11-12H2,(H,18,20);3,5-8H,4H2,1-2H3;2*1H/t16-;;;/m0.../s1. The zero-order chi connectivity index (χ0) is 22.3. The van der Waals surface area contributed by atoms with E-state index < -0.39 is 0 Å². The zero-order valence-corrected chi connectivity index (χ0v) is 19.6. The van der Waals surface area contributed by atoms with Crippen molar-refractivity contribution in [1.82, 2.24) is 5.32 Å². The van der Waals surface area contributed by atoms with Gasteiger partial charge in [-0.1, -0.05) is 74.6 Å². The Morgan fingerprint density at radius 3 is 2.72 bits per heavy atom. The monoisotopic (exact) mass is 435 g/mol. The molecule has 4 heteroatoms. The number of nitrogens with one attached hydrogen (secondary N) is 2. The van der Waals surface area contributed by atoms with Crippen molar-refractivity contribution >= 4 is 17.3 Å². The highest BCUT2D eigenvalue weighted by molar-refractivity contribution is 6.02. The second-order valence-electron chi connectivity index (χ2n) is 9.48. The first-order chi connectivity index (χ1) is 15.6. The summed E-state index contributed by atoms with van der Waals surface area (Å²) in [6, 6.07) is 8.63. The smallest absolute Gasteiger partial charge is 0.242 e. The molecule has 0 radical (unpaired) electrons. The normalized spacial score (nSPS) is 24.8. The summed E-state index contributed by atoms with van der Waals surface area (Å²) in [6.07, 6.45) is 18.9. The van der Waals surface area contributed by atoms with Crippen molar-refractivity contribution in [2.24, 2.45) is 10.9 Å². The third-order valence-electron chi connectivity index (χ3n) is 7.12. The van der Waals surface area contributed by atoms with Gasteiger partial charge in [0.1, 0.15) is 6.04 Å². The van der Waals surface area contributed by atoms with E-state index in [0.717, 1.165) is 43.5 Å². The fourth-order valence-corrected chi connectivity index (χ4v) is 5.13. The van der Waals surface area contributed by atoms with Crippen LogP contribution in [-0.2, 0) is 11.2 Å². The van der Waals surface area contributed by atoms with Crippen LogP contribution in [0, 0.1) is 5.92 Å². The molecule has 4 nitrogen and oxygen atoms in total. The fraction of sp³-hybridized carbons (Fsp3) is 0.500. The van der Waals surface area contributed by atoms with E-state index in [2.05, 4.69) is 65.9 Å². The molecule has 32 heavy (non-hydrogen) atoms. The second-order valence-corrected chi connectivity index (χ2v) is 9.48. The van der Waals surface area contributed by atoms with Gasteiger partial charge in [-0.3, -0.25) is 9.79 Å². The molecule has 1 amide bonds. The number of hydrogen-bond donors (Lipinski definition) is 2. The van der Waals surface area contributed by atoms with Gasteiger partial charge in [-0.25, -0.2) is 0 Å². The summed E-state index contributed by atoms with van der Waals surface area (Å²) in [4.78, 5) is 16.7. The number of amides is 1.